The van der Waals surface area contributed by atoms with Gasteiger partial charge in [0, 0.05) is 4.90 Å². The number of hydrogen-bond acceptors (Lipinski definition) is 3. The van der Waals surface area contributed by atoms with E-state index in [2.05, 4.69) is 5.32 Å². The molecular weight excluding hydrogens is 289 g/mol. The van der Waals surface area contributed by atoms with Crippen LogP contribution in [0, 0.1) is 5.92 Å². The number of carbonyl (C=O) groups excluding carboxylic acids is 1. The Morgan fingerprint density at radius 2 is 2.00 bits per heavy atom. The van der Waals surface area contributed by atoms with Gasteiger partial charge in [-0.05, 0) is 29.8 Å². The number of alkyl halides is 3. The standard InChI is InChI=1S/C13H17F3N2OS/c1-3-8(2)11(17)12(19)18-9-6-4-5-7-10(9)20-13(14,15)16/h4-8,11H,3,17H2,1-2H3,(H,18,19)/t8?,11-/m0/s1. The van der Waals surface area contributed by atoms with Crippen LogP contribution in [0.4, 0.5) is 18.9 Å². The minimum absolute atomic E-state index is 0.0440. The molecule has 0 bridgehead atoms. The van der Waals surface area contributed by atoms with E-state index in [4.69, 9.17) is 5.73 Å². The van der Waals surface area contributed by atoms with E-state index in [-0.39, 0.29) is 28.3 Å². The largest absolute Gasteiger partial charge is 0.446 e. The Kier molecular flexibility index (Phi) is 5.88. The van der Waals surface area contributed by atoms with Crippen LogP contribution in [0.25, 0.3) is 0 Å². The van der Waals surface area contributed by atoms with Crippen LogP contribution in [-0.2, 0) is 4.79 Å². The molecule has 0 aliphatic carbocycles. The van der Waals surface area contributed by atoms with E-state index in [0.29, 0.717) is 6.42 Å². The van der Waals surface area contributed by atoms with Crippen LogP contribution in [0.2, 0.25) is 0 Å². The van der Waals surface area contributed by atoms with Crippen molar-refractivity contribution in [2.24, 2.45) is 11.7 Å². The van der Waals surface area contributed by atoms with Gasteiger partial charge in [0.2, 0.25) is 5.91 Å². The van der Waals surface area contributed by atoms with Crippen LogP contribution in [0.3, 0.4) is 0 Å². The summed E-state index contributed by atoms with van der Waals surface area (Å²) >= 11 is -0.260. The van der Waals surface area contributed by atoms with Gasteiger partial charge in [-0.3, -0.25) is 4.79 Å². The van der Waals surface area contributed by atoms with Gasteiger partial charge in [-0.1, -0.05) is 32.4 Å². The number of rotatable bonds is 5. The Labute approximate surface area is 120 Å². The van der Waals surface area contributed by atoms with Crippen LogP contribution in [-0.4, -0.2) is 17.5 Å². The maximum atomic E-state index is 12.4. The molecule has 0 saturated heterocycles. The molecule has 0 aromatic heterocycles. The molecule has 0 spiro atoms. The highest BCUT2D eigenvalue weighted by molar-refractivity contribution is 8.00. The number of amides is 1. The van der Waals surface area contributed by atoms with Gasteiger partial charge in [0.25, 0.3) is 0 Å². The molecule has 112 valence electrons. The first-order valence-corrected chi connectivity index (χ1v) is 6.97. The van der Waals surface area contributed by atoms with Crippen LogP contribution < -0.4 is 11.1 Å². The number of nitrogens with one attached hydrogen (secondary N) is 1. The molecule has 3 nitrogen and oxygen atoms in total. The Balaban J connectivity index is 2.85. The number of carbonyl (C=O) groups is 1. The number of thioether (sulfide) groups is 1. The lowest BCUT2D eigenvalue weighted by atomic mass is 9.99. The zero-order valence-corrected chi connectivity index (χ0v) is 12.0. The molecule has 1 amide bonds. The van der Waals surface area contributed by atoms with Crippen LogP contribution in [0.15, 0.2) is 29.2 Å². The Hall–Kier alpha value is -1.21. The molecule has 1 aromatic rings. The molecule has 1 unspecified atom stereocenters. The maximum Gasteiger partial charge on any atom is 0.446 e. The predicted molar refractivity (Wildman–Crippen MR) is 74.4 cm³/mol. The van der Waals surface area contributed by atoms with Crippen molar-refractivity contribution in [2.75, 3.05) is 5.32 Å². The summed E-state index contributed by atoms with van der Waals surface area (Å²) in [6, 6.07) is 5.03. The first-order chi connectivity index (χ1) is 9.24. The van der Waals surface area contributed by atoms with E-state index < -0.39 is 17.5 Å². The molecule has 20 heavy (non-hydrogen) atoms. The van der Waals surface area contributed by atoms with Crippen molar-refractivity contribution in [1.82, 2.24) is 0 Å². The molecule has 0 aliphatic heterocycles. The van der Waals surface area contributed by atoms with Gasteiger partial charge in [0.15, 0.2) is 0 Å². The summed E-state index contributed by atoms with van der Waals surface area (Å²) in [4.78, 5) is 11.9. The van der Waals surface area contributed by atoms with Crippen molar-refractivity contribution < 1.29 is 18.0 Å². The Morgan fingerprint density at radius 3 is 2.55 bits per heavy atom. The SMILES string of the molecule is CCC(C)[C@H](N)C(=O)Nc1ccccc1SC(F)(F)F. The minimum atomic E-state index is -4.40. The lowest BCUT2D eigenvalue weighted by Gasteiger charge is -2.19. The fourth-order valence-corrected chi connectivity index (χ4v) is 2.14. The number of para-hydroxylation sites is 1. The first-order valence-electron chi connectivity index (χ1n) is 6.15. The number of hydrogen-bond donors (Lipinski definition) is 2. The lowest BCUT2D eigenvalue weighted by Crippen LogP contribution is -2.40. The molecule has 1 aromatic carbocycles. The summed E-state index contributed by atoms with van der Waals surface area (Å²) in [5.41, 5.74) is 1.48. The maximum absolute atomic E-state index is 12.4. The number of halogens is 3. The van der Waals surface area contributed by atoms with Crippen molar-refractivity contribution in [1.29, 1.82) is 0 Å². The van der Waals surface area contributed by atoms with E-state index in [1.165, 1.54) is 18.2 Å². The first kappa shape index (κ1) is 16.8. The van der Waals surface area contributed by atoms with Gasteiger partial charge in [-0.15, -0.1) is 0 Å². The van der Waals surface area contributed by atoms with Gasteiger partial charge in [0.05, 0.1) is 11.7 Å². The average molecular weight is 306 g/mol. The average Bonchev–Trinajstić information content (AvgIpc) is 2.37. The second-order valence-electron chi connectivity index (χ2n) is 4.44. The van der Waals surface area contributed by atoms with Gasteiger partial charge in [-0.2, -0.15) is 13.2 Å². The van der Waals surface area contributed by atoms with Gasteiger partial charge >= 0.3 is 5.51 Å². The Bertz CT molecular complexity index is 465. The molecular formula is C13H17F3N2OS. The molecule has 0 saturated carbocycles. The highest BCUT2D eigenvalue weighted by Crippen LogP contribution is 2.40. The van der Waals surface area contributed by atoms with E-state index in [9.17, 15) is 18.0 Å². The van der Waals surface area contributed by atoms with E-state index in [1.807, 2.05) is 13.8 Å². The van der Waals surface area contributed by atoms with Crippen LogP contribution in [0.5, 0.6) is 0 Å². The zero-order chi connectivity index (χ0) is 15.3. The van der Waals surface area contributed by atoms with Gasteiger partial charge < -0.3 is 11.1 Å². The van der Waals surface area contributed by atoms with Crippen molar-refractivity contribution >= 4 is 23.4 Å². The van der Waals surface area contributed by atoms with Crippen molar-refractivity contribution in [3.05, 3.63) is 24.3 Å². The lowest BCUT2D eigenvalue weighted by molar-refractivity contribution is -0.118. The summed E-state index contributed by atoms with van der Waals surface area (Å²) in [5.74, 6) is -0.521. The molecule has 7 heteroatoms. The van der Waals surface area contributed by atoms with Gasteiger partial charge in [0.1, 0.15) is 0 Å². The third kappa shape index (κ3) is 5.05. The highest BCUT2D eigenvalue weighted by Gasteiger charge is 2.31. The van der Waals surface area contributed by atoms with Crippen LogP contribution in [0.1, 0.15) is 20.3 Å². The fourth-order valence-electron chi connectivity index (χ4n) is 1.51. The number of anilines is 1. The Morgan fingerprint density at radius 1 is 1.40 bits per heavy atom. The minimum Gasteiger partial charge on any atom is -0.324 e. The third-order valence-electron chi connectivity index (χ3n) is 2.93. The monoisotopic (exact) mass is 306 g/mol. The second kappa shape index (κ2) is 6.99. The summed E-state index contributed by atoms with van der Waals surface area (Å²) in [7, 11) is 0. The smallest absolute Gasteiger partial charge is 0.324 e. The molecule has 3 N–H and O–H groups in total. The van der Waals surface area contributed by atoms with Crippen molar-refractivity contribution in [3.63, 3.8) is 0 Å². The normalized spacial score (nSPS) is 14.7. The second-order valence-corrected chi connectivity index (χ2v) is 5.55. The molecule has 2 atom stereocenters. The highest BCUT2D eigenvalue weighted by atomic mass is 32.2. The molecule has 0 radical (unpaired) electrons. The molecule has 0 heterocycles. The zero-order valence-electron chi connectivity index (χ0n) is 11.2. The van der Waals surface area contributed by atoms with Crippen LogP contribution >= 0.6 is 11.8 Å². The summed E-state index contributed by atoms with van der Waals surface area (Å²) in [6.07, 6.45) is 0.716. The summed E-state index contributed by atoms with van der Waals surface area (Å²) in [5, 5.41) is 2.46. The quantitative estimate of drug-likeness (QED) is 0.817. The summed E-state index contributed by atoms with van der Waals surface area (Å²) in [6.45, 7) is 3.71. The van der Waals surface area contributed by atoms with Crippen molar-refractivity contribution in [2.45, 2.75) is 36.7 Å². The summed E-state index contributed by atoms with van der Waals surface area (Å²) < 4.78 is 37.3. The van der Waals surface area contributed by atoms with E-state index >= 15 is 0 Å². The molecule has 0 aliphatic rings. The fraction of sp³-hybridized carbons (Fsp3) is 0.462. The molecule has 1 rings (SSSR count). The molecule has 0 fully saturated rings. The van der Waals surface area contributed by atoms with E-state index in [1.54, 1.807) is 6.07 Å². The number of nitrogens with two attached hydrogens (primary N) is 1. The van der Waals surface area contributed by atoms with E-state index in [0.717, 1.165) is 0 Å². The topological polar surface area (TPSA) is 55.1 Å². The predicted octanol–water partition coefficient (Wildman–Crippen LogP) is 3.61. The van der Waals surface area contributed by atoms with Crippen molar-refractivity contribution in [3.8, 4) is 0 Å². The third-order valence-corrected chi connectivity index (χ3v) is 3.74. The van der Waals surface area contributed by atoms with Gasteiger partial charge in [-0.25, -0.2) is 0 Å². The number of benzene rings is 1.